The Balaban J connectivity index is 1.31. The minimum atomic E-state index is -3.84. The van der Waals surface area contributed by atoms with Crippen molar-refractivity contribution in [3.63, 3.8) is 0 Å². The SMILES string of the molecule is O=C(NC1CCCCC1NS(=O)(=O)c1ccc(-n2ccccc2=O)cc1)c1ccc2c(Cl)c[nH]c2c1. The van der Waals surface area contributed by atoms with Crippen molar-refractivity contribution in [3.8, 4) is 5.69 Å². The lowest BCUT2D eigenvalue weighted by Gasteiger charge is -2.32. The fourth-order valence-electron chi connectivity index (χ4n) is 4.62. The van der Waals surface area contributed by atoms with E-state index in [1.54, 1.807) is 54.9 Å². The number of H-pyrrole nitrogens is 1. The van der Waals surface area contributed by atoms with Gasteiger partial charge < -0.3 is 10.3 Å². The van der Waals surface area contributed by atoms with E-state index in [2.05, 4.69) is 15.0 Å². The Morgan fingerprint density at radius 3 is 2.50 bits per heavy atom. The fourth-order valence-corrected chi connectivity index (χ4v) is 6.15. The Morgan fingerprint density at radius 2 is 1.75 bits per heavy atom. The van der Waals surface area contributed by atoms with Gasteiger partial charge in [0.25, 0.3) is 11.5 Å². The lowest BCUT2D eigenvalue weighted by molar-refractivity contribution is 0.0919. The van der Waals surface area contributed by atoms with Crippen LogP contribution >= 0.6 is 11.6 Å². The topological polar surface area (TPSA) is 113 Å². The van der Waals surface area contributed by atoms with Gasteiger partial charge in [0.15, 0.2) is 0 Å². The van der Waals surface area contributed by atoms with E-state index in [1.165, 1.54) is 22.8 Å². The molecule has 186 valence electrons. The van der Waals surface area contributed by atoms with Crippen molar-refractivity contribution in [2.75, 3.05) is 0 Å². The number of rotatable bonds is 6. The van der Waals surface area contributed by atoms with E-state index in [0.29, 0.717) is 29.1 Å². The molecular weight excluding hydrogens is 500 g/mol. The minimum Gasteiger partial charge on any atom is -0.360 e. The monoisotopic (exact) mass is 524 g/mol. The maximum atomic E-state index is 13.2. The molecule has 3 N–H and O–H groups in total. The molecule has 1 aliphatic carbocycles. The Bertz CT molecular complexity index is 1580. The number of nitrogens with zero attached hydrogens (tertiary/aromatic N) is 1. The summed E-state index contributed by atoms with van der Waals surface area (Å²) in [5.74, 6) is -0.267. The molecule has 0 saturated heterocycles. The maximum Gasteiger partial charge on any atom is 0.255 e. The van der Waals surface area contributed by atoms with E-state index in [4.69, 9.17) is 11.6 Å². The summed E-state index contributed by atoms with van der Waals surface area (Å²) in [6.07, 6.45) is 6.35. The zero-order chi connectivity index (χ0) is 25.3. The summed E-state index contributed by atoms with van der Waals surface area (Å²) in [5.41, 5.74) is 1.60. The third-order valence-corrected chi connectivity index (χ3v) is 8.35. The minimum absolute atomic E-state index is 0.0972. The molecule has 5 rings (SSSR count). The van der Waals surface area contributed by atoms with Crippen LogP contribution in [-0.4, -0.2) is 36.0 Å². The second-order valence-electron chi connectivity index (χ2n) is 8.89. The molecule has 8 nitrogen and oxygen atoms in total. The van der Waals surface area contributed by atoms with Gasteiger partial charge in [-0.15, -0.1) is 0 Å². The van der Waals surface area contributed by atoms with E-state index in [0.717, 1.165) is 23.7 Å². The fraction of sp³-hybridized carbons (Fsp3) is 0.231. The Labute approximate surface area is 213 Å². The predicted octanol–water partition coefficient (Wildman–Crippen LogP) is 3.99. The molecule has 1 amide bonds. The van der Waals surface area contributed by atoms with Gasteiger partial charge in [-0.05, 0) is 55.3 Å². The van der Waals surface area contributed by atoms with Crippen LogP contribution < -0.4 is 15.6 Å². The molecule has 0 aliphatic heterocycles. The van der Waals surface area contributed by atoms with Gasteiger partial charge in [-0.2, -0.15) is 0 Å². The van der Waals surface area contributed by atoms with Crippen LogP contribution in [0.2, 0.25) is 5.02 Å². The van der Waals surface area contributed by atoms with Gasteiger partial charge in [-0.3, -0.25) is 14.2 Å². The predicted molar refractivity (Wildman–Crippen MR) is 139 cm³/mol. The maximum absolute atomic E-state index is 13.2. The lowest BCUT2D eigenvalue weighted by atomic mass is 9.91. The molecule has 0 radical (unpaired) electrons. The first kappa shape index (κ1) is 24.3. The largest absolute Gasteiger partial charge is 0.360 e. The van der Waals surface area contributed by atoms with Gasteiger partial charge in [-0.25, -0.2) is 13.1 Å². The standard InChI is InChI=1S/C26H25ClN4O4S/c27-21-16-28-24-15-17(8-13-20(21)24)26(33)29-22-5-1-2-6-23(22)30-36(34,35)19-11-9-18(10-12-19)31-14-4-3-7-25(31)32/h3-4,7-16,22-23,28,30H,1-2,5-6H2,(H,29,33). The molecule has 10 heteroatoms. The highest BCUT2D eigenvalue weighted by Crippen LogP contribution is 2.25. The number of amides is 1. The number of halogens is 1. The Hall–Kier alpha value is -3.40. The molecule has 2 aromatic carbocycles. The van der Waals surface area contributed by atoms with Crippen molar-refractivity contribution >= 4 is 38.4 Å². The molecule has 2 atom stereocenters. The number of hydrogen-bond donors (Lipinski definition) is 3. The molecule has 1 saturated carbocycles. The number of nitrogens with one attached hydrogen (secondary N) is 3. The smallest absolute Gasteiger partial charge is 0.255 e. The number of carbonyl (C=O) groups excluding carboxylic acids is 1. The molecular formula is C26H25ClN4O4S. The number of carbonyl (C=O) groups is 1. The summed E-state index contributed by atoms with van der Waals surface area (Å²) in [7, 11) is -3.84. The Kier molecular flexibility index (Phi) is 6.70. The van der Waals surface area contributed by atoms with Crippen LogP contribution in [0.25, 0.3) is 16.6 Å². The van der Waals surface area contributed by atoms with E-state index >= 15 is 0 Å². The van der Waals surface area contributed by atoms with Crippen LogP contribution in [0, 0.1) is 0 Å². The van der Waals surface area contributed by atoms with Crippen LogP contribution in [0.1, 0.15) is 36.0 Å². The van der Waals surface area contributed by atoms with Gasteiger partial charge in [0.05, 0.1) is 9.92 Å². The van der Waals surface area contributed by atoms with Crippen molar-refractivity contribution in [2.24, 2.45) is 0 Å². The van der Waals surface area contributed by atoms with Gasteiger partial charge >= 0.3 is 0 Å². The van der Waals surface area contributed by atoms with Gasteiger partial charge in [-0.1, -0.05) is 36.6 Å². The normalized spacial score (nSPS) is 18.2. The van der Waals surface area contributed by atoms with E-state index in [1.807, 2.05) is 0 Å². The lowest BCUT2D eigenvalue weighted by Crippen LogP contribution is -2.53. The number of hydrogen-bond acceptors (Lipinski definition) is 4. The molecule has 36 heavy (non-hydrogen) atoms. The van der Waals surface area contributed by atoms with Crippen LogP contribution in [0.4, 0.5) is 0 Å². The van der Waals surface area contributed by atoms with E-state index < -0.39 is 16.1 Å². The molecule has 4 aromatic rings. The highest BCUT2D eigenvalue weighted by Gasteiger charge is 2.31. The highest BCUT2D eigenvalue weighted by atomic mass is 35.5. The van der Waals surface area contributed by atoms with Crippen LogP contribution in [-0.2, 0) is 10.0 Å². The number of benzene rings is 2. The second-order valence-corrected chi connectivity index (χ2v) is 11.0. The first-order valence-corrected chi connectivity index (χ1v) is 13.6. The molecule has 1 fully saturated rings. The average Bonchev–Trinajstić information content (AvgIpc) is 3.25. The summed E-state index contributed by atoms with van der Waals surface area (Å²) >= 11 is 6.13. The van der Waals surface area contributed by atoms with Crippen LogP contribution in [0.15, 0.2) is 82.7 Å². The van der Waals surface area contributed by atoms with Crippen LogP contribution in [0.3, 0.4) is 0 Å². The van der Waals surface area contributed by atoms with Crippen molar-refractivity contribution < 1.29 is 13.2 Å². The van der Waals surface area contributed by atoms with E-state index in [-0.39, 0.29) is 22.4 Å². The van der Waals surface area contributed by atoms with Gasteiger partial charge in [0.1, 0.15) is 0 Å². The van der Waals surface area contributed by atoms with Crippen LogP contribution in [0.5, 0.6) is 0 Å². The number of pyridine rings is 1. The molecule has 0 spiro atoms. The van der Waals surface area contributed by atoms with Crippen molar-refractivity contribution in [1.82, 2.24) is 19.6 Å². The number of aromatic nitrogens is 2. The third kappa shape index (κ3) is 4.95. The molecule has 2 unspecified atom stereocenters. The molecule has 2 heterocycles. The summed E-state index contributed by atoms with van der Waals surface area (Å²) < 4.78 is 30.5. The molecule has 1 aliphatic rings. The van der Waals surface area contributed by atoms with Gasteiger partial charge in [0.2, 0.25) is 10.0 Å². The summed E-state index contributed by atoms with van der Waals surface area (Å²) in [6.45, 7) is 0. The summed E-state index contributed by atoms with van der Waals surface area (Å²) in [6, 6.07) is 15.4. The van der Waals surface area contributed by atoms with Crippen molar-refractivity contribution in [1.29, 1.82) is 0 Å². The first-order chi connectivity index (χ1) is 17.3. The average molecular weight is 525 g/mol. The molecule has 2 aromatic heterocycles. The number of sulfonamides is 1. The third-order valence-electron chi connectivity index (χ3n) is 6.53. The summed E-state index contributed by atoms with van der Waals surface area (Å²) in [5, 5.41) is 4.44. The summed E-state index contributed by atoms with van der Waals surface area (Å²) in [4.78, 5) is 28.2. The van der Waals surface area contributed by atoms with E-state index in [9.17, 15) is 18.0 Å². The second kappa shape index (κ2) is 9.93. The molecule has 0 bridgehead atoms. The van der Waals surface area contributed by atoms with Crippen molar-refractivity contribution in [3.05, 3.63) is 94.0 Å². The van der Waals surface area contributed by atoms with Gasteiger partial charge in [0, 0.05) is 52.7 Å². The zero-order valence-electron chi connectivity index (χ0n) is 19.3. The quantitative estimate of drug-likeness (QED) is 0.354. The first-order valence-electron chi connectivity index (χ1n) is 11.7. The highest BCUT2D eigenvalue weighted by molar-refractivity contribution is 7.89. The Morgan fingerprint density at radius 1 is 1.00 bits per heavy atom. The zero-order valence-corrected chi connectivity index (χ0v) is 20.9. The number of aromatic amines is 1. The van der Waals surface area contributed by atoms with Crippen molar-refractivity contribution in [2.45, 2.75) is 42.7 Å². The number of fused-ring (bicyclic) bond motifs is 1.